The number of methoxy groups -OCH3 is 2. The molecule has 0 amide bonds. The van der Waals surface area contributed by atoms with Crippen LogP contribution in [-0.2, 0) is 15.9 Å². The molecule has 0 unspecified atom stereocenters. The fraction of sp³-hybridized carbons (Fsp3) is 0.452. The van der Waals surface area contributed by atoms with E-state index >= 15 is 0 Å². The molecule has 3 heterocycles. The van der Waals surface area contributed by atoms with Crippen LogP contribution >= 0.6 is 0 Å². The number of hydrogen-bond acceptors (Lipinski definition) is 9. The fourth-order valence-corrected chi connectivity index (χ4v) is 7.03. The van der Waals surface area contributed by atoms with Crippen molar-refractivity contribution < 1.29 is 29.2 Å². The van der Waals surface area contributed by atoms with Gasteiger partial charge in [0, 0.05) is 43.2 Å². The number of nitrogens with zero attached hydrogens (tertiary/aromatic N) is 3. The van der Waals surface area contributed by atoms with Crippen LogP contribution < -0.4 is 19.1 Å². The van der Waals surface area contributed by atoms with E-state index in [4.69, 9.17) is 18.9 Å². The number of morpholine rings is 1. The maximum absolute atomic E-state index is 13.0. The molecule has 2 aromatic carbocycles. The Morgan fingerprint density at radius 1 is 1.02 bits per heavy atom. The van der Waals surface area contributed by atoms with Crippen molar-refractivity contribution >= 4 is 5.69 Å². The van der Waals surface area contributed by atoms with Crippen LogP contribution in [0.3, 0.4) is 0 Å². The van der Waals surface area contributed by atoms with Crippen LogP contribution in [0.15, 0.2) is 60.7 Å². The molecule has 2 fully saturated rings. The molecule has 0 bridgehead atoms. The zero-order valence-corrected chi connectivity index (χ0v) is 23.4. The third-order valence-electron chi connectivity index (χ3n) is 8.65. The average molecular weight is 548 g/mol. The van der Waals surface area contributed by atoms with Gasteiger partial charge in [-0.3, -0.25) is 0 Å². The number of pyridine rings is 1. The van der Waals surface area contributed by atoms with Gasteiger partial charge in [-0.25, -0.2) is 0 Å². The summed E-state index contributed by atoms with van der Waals surface area (Å²) in [4.78, 5) is 8.80. The molecule has 40 heavy (non-hydrogen) atoms. The van der Waals surface area contributed by atoms with Gasteiger partial charge >= 0.3 is 0 Å². The summed E-state index contributed by atoms with van der Waals surface area (Å²) in [5, 5.41) is 25.2. The Morgan fingerprint density at radius 3 is 2.35 bits per heavy atom. The molecule has 0 radical (unpaired) electrons. The molecule has 0 spiro atoms. The summed E-state index contributed by atoms with van der Waals surface area (Å²) in [6.45, 7) is 3.53. The first-order valence-electron chi connectivity index (χ1n) is 13.7. The third-order valence-corrected chi connectivity index (χ3v) is 8.65. The normalized spacial score (nSPS) is 29.2. The lowest BCUT2D eigenvalue weighted by Gasteiger charge is -2.41. The Morgan fingerprint density at radius 2 is 1.73 bits per heavy atom. The predicted octanol–water partition coefficient (Wildman–Crippen LogP) is 2.75. The zero-order valence-electron chi connectivity index (χ0n) is 23.4. The van der Waals surface area contributed by atoms with Gasteiger partial charge in [0.15, 0.2) is 11.2 Å². The molecule has 3 aromatic rings. The summed E-state index contributed by atoms with van der Waals surface area (Å²) < 4.78 is 23.6. The van der Waals surface area contributed by atoms with E-state index in [9.17, 15) is 10.2 Å². The third kappa shape index (κ3) is 3.87. The van der Waals surface area contributed by atoms with Crippen molar-refractivity contribution in [3.05, 3.63) is 77.4 Å². The van der Waals surface area contributed by atoms with Crippen LogP contribution in [0, 0.1) is 5.92 Å². The number of fused-ring (bicyclic) bond motifs is 3. The molecule has 1 aromatic heterocycles. The van der Waals surface area contributed by atoms with Crippen LogP contribution in [0.2, 0.25) is 0 Å². The van der Waals surface area contributed by atoms with Crippen molar-refractivity contribution in [1.82, 2.24) is 9.88 Å². The van der Waals surface area contributed by atoms with E-state index in [2.05, 4.69) is 22.0 Å². The maximum atomic E-state index is 13.0. The van der Waals surface area contributed by atoms with E-state index in [1.54, 1.807) is 6.07 Å². The number of benzene rings is 2. The van der Waals surface area contributed by atoms with E-state index < -0.39 is 23.2 Å². The minimum atomic E-state index is -1.87. The number of rotatable bonds is 7. The van der Waals surface area contributed by atoms with E-state index in [1.165, 1.54) is 14.2 Å². The first-order chi connectivity index (χ1) is 19.3. The number of anilines is 1. The standard InChI is InChI=1S/C31H37N3O6/c1-33(2)19-23-26(20-8-6-5-7-9-20)31(21-10-12-22(13-11-21)34-14-16-39-17-15-34)30(36,28(23)35)27-24(40-31)18-25(37-3)32-29(27)38-4/h5-13,18,23,26,28,35-36H,14-17,19H2,1-4H3/t23-,26-,28-,30+,31+/m1/s1. The highest BCUT2D eigenvalue weighted by molar-refractivity contribution is 5.61. The summed E-state index contributed by atoms with van der Waals surface area (Å²) in [7, 11) is 6.96. The van der Waals surface area contributed by atoms with E-state index in [0.29, 0.717) is 37.0 Å². The van der Waals surface area contributed by atoms with Crippen LogP contribution in [0.4, 0.5) is 5.69 Å². The number of hydrogen-bond donors (Lipinski definition) is 2. The molecule has 1 saturated heterocycles. The van der Waals surface area contributed by atoms with Crippen molar-refractivity contribution in [3.8, 4) is 17.5 Å². The largest absolute Gasteiger partial charge is 0.481 e. The van der Waals surface area contributed by atoms with Gasteiger partial charge in [0.05, 0.1) is 39.1 Å². The van der Waals surface area contributed by atoms with Crippen LogP contribution in [-0.4, -0.2) is 87.4 Å². The molecule has 5 atom stereocenters. The van der Waals surface area contributed by atoms with E-state index in [1.807, 2.05) is 61.5 Å². The van der Waals surface area contributed by atoms with Gasteiger partial charge in [-0.15, -0.1) is 0 Å². The van der Waals surface area contributed by atoms with Crippen molar-refractivity contribution in [2.75, 3.05) is 66.1 Å². The molecule has 2 N–H and O–H groups in total. The summed E-state index contributed by atoms with van der Waals surface area (Å²) in [6.07, 6.45) is -1.19. The van der Waals surface area contributed by atoms with Crippen LogP contribution in [0.25, 0.3) is 0 Å². The smallest absolute Gasteiger partial charge is 0.226 e. The number of aromatic nitrogens is 1. The Hall–Kier alpha value is -3.37. The average Bonchev–Trinajstić information content (AvgIpc) is 3.35. The van der Waals surface area contributed by atoms with Gasteiger partial charge in [0.1, 0.15) is 5.75 Å². The van der Waals surface area contributed by atoms with Crippen molar-refractivity contribution in [2.24, 2.45) is 5.92 Å². The predicted molar refractivity (Wildman–Crippen MR) is 150 cm³/mol. The van der Waals surface area contributed by atoms with Crippen molar-refractivity contribution in [3.63, 3.8) is 0 Å². The highest BCUT2D eigenvalue weighted by Gasteiger charge is 2.77. The molecule has 3 aliphatic rings. The second-order valence-electron chi connectivity index (χ2n) is 11.1. The lowest BCUT2D eigenvalue weighted by atomic mass is 9.70. The van der Waals surface area contributed by atoms with E-state index in [0.717, 1.165) is 29.9 Å². The Kier molecular flexibility index (Phi) is 6.86. The van der Waals surface area contributed by atoms with Crippen LogP contribution in [0.5, 0.6) is 17.5 Å². The summed E-state index contributed by atoms with van der Waals surface area (Å²) >= 11 is 0. The monoisotopic (exact) mass is 547 g/mol. The molecule has 212 valence electrons. The molecule has 9 nitrogen and oxygen atoms in total. The van der Waals surface area contributed by atoms with Gasteiger partial charge in [-0.05, 0) is 37.4 Å². The van der Waals surface area contributed by atoms with Crippen molar-refractivity contribution in [1.29, 1.82) is 0 Å². The SMILES string of the molecule is COc1cc2c(c(OC)n1)[C@]1(O)[C@H](O)[C@H](CN(C)C)[C@@H](c3ccccc3)[C@]1(c1ccc(N3CCOCC3)cc1)O2. The second kappa shape index (κ2) is 10.2. The Bertz CT molecular complexity index is 1350. The quantitative estimate of drug-likeness (QED) is 0.463. The summed E-state index contributed by atoms with van der Waals surface area (Å²) in [6, 6.07) is 19.8. The number of aliphatic hydroxyl groups is 2. The van der Waals surface area contributed by atoms with Crippen LogP contribution in [0.1, 0.15) is 22.6 Å². The van der Waals surface area contributed by atoms with E-state index in [-0.39, 0.29) is 11.8 Å². The van der Waals surface area contributed by atoms with Crippen molar-refractivity contribution in [2.45, 2.75) is 23.2 Å². The van der Waals surface area contributed by atoms with Gasteiger partial charge in [0.2, 0.25) is 11.8 Å². The molecule has 1 saturated carbocycles. The number of aliphatic hydroxyl groups excluding tert-OH is 1. The molecule has 6 rings (SSSR count). The molecule has 2 aliphatic heterocycles. The second-order valence-corrected chi connectivity index (χ2v) is 11.1. The van der Waals surface area contributed by atoms with Gasteiger partial charge in [0.25, 0.3) is 0 Å². The zero-order chi connectivity index (χ0) is 28.1. The van der Waals surface area contributed by atoms with Gasteiger partial charge in [-0.2, -0.15) is 4.98 Å². The molecular formula is C31H37N3O6. The fourth-order valence-electron chi connectivity index (χ4n) is 7.03. The first-order valence-corrected chi connectivity index (χ1v) is 13.7. The minimum Gasteiger partial charge on any atom is -0.481 e. The Balaban J connectivity index is 1.60. The molecule has 1 aliphatic carbocycles. The number of ether oxygens (including phenoxy) is 4. The maximum Gasteiger partial charge on any atom is 0.226 e. The van der Waals surface area contributed by atoms with Gasteiger partial charge in [-0.1, -0.05) is 42.5 Å². The minimum absolute atomic E-state index is 0.167. The highest BCUT2D eigenvalue weighted by Crippen LogP contribution is 2.70. The lowest BCUT2D eigenvalue weighted by molar-refractivity contribution is -0.152. The molecular weight excluding hydrogens is 510 g/mol. The molecule has 9 heteroatoms. The highest BCUT2D eigenvalue weighted by atomic mass is 16.5. The first kappa shape index (κ1) is 26.8. The summed E-state index contributed by atoms with van der Waals surface area (Å²) in [5.41, 5.74) is -0.103. The lowest BCUT2D eigenvalue weighted by Crippen LogP contribution is -2.52. The Labute approximate surface area is 234 Å². The topological polar surface area (TPSA) is 96.8 Å². The van der Waals surface area contributed by atoms with Gasteiger partial charge < -0.3 is 39.0 Å². The summed E-state index contributed by atoms with van der Waals surface area (Å²) in [5.74, 6) is 0.0639.